The van der Waals surface area contributed by atoms with Crippen LogP contribution in [0.2, 0.25) is 0 Å². The van der Waals surface area contributed by atoms with E-state index in [1.165, 1.54) is 6.07 Å². The summed E-state index contributed by atoms with van der Waals surface area (Å²) in [4.78, 5) is 26.6. The van der Waals surface area contributed by atoms with Crippen LogP contribution in [-0.4, -0.2) is 25.5 Å². The van der Waals surface area contributed by atoms with Gasteiger partial charge in [0, 0.05) is 24.6 Å². The zero-order chi connectivity index (χ0) is 19.7. The van der Waals surface area contributed by atoms with Crippen LogP contribution < -0.4 is 15.0 Å². The Hall–Kier alpha value is -2.89. The summed E-state index contributed by atoms with van der Waals surface area (Å²) in [5.74, 6) is -0.0483. The van der Waals surface area contributed by atoms with Gasteiger partial charge in [0.25, 0.3) is 0 Å². The van der Waals surface area contributed by atoms with Crippen LogP contribution in [0.4, 0.5) is 15.8 Å². The number of methoxy groups -OCH3 is 1. The second kappa shape index (κ2) is 7.62. The molecular formula is C22H23FN2O3. The van der Waals surface area contributed by atoms with E-state index in [1.54, 1.807) is 48.4 Å². The maximum Gasteiger partial charge on any atom is 0.228 e. The van der Waals surface area contributed by atoms with Crippen LogP contribution in [0.1, 0.15) is 37.2 Å². The predicted molar refractivity (Wildman–Crippen MR) is 105 cm³/mol. The number of nitrogens with one attached hydrogen (secondary N) is 1. The average Bonchev–Trinajstić information content (AvgIpc) is 3.49. The molecule has 2 amide bonds. The van der Waals surface area contributed by atoms with Crippen molar-refractivity contribution < 1.29 is 18.7 Å². The zero-order valence-corrected chi connectivity index (χ0v) is 15.8. The smallest absolute Gasteiger partial charge is 0.228 e. The van der Waals surface area contributed by atoms with Crippen molar-refractivity contribution in [3.05, 3.63) is 53.8 Å². The first-order valence-corrected chi connectivity index (χ1v) is 9.62. The van der Waals surface area contributed by atoms with Crippen molar-refractivity contribution in [3.8, 4) is 5.75 Å². The van der Waals surface area contributed by atoms with Crippen molar-refractivity contribution >= 4 is 23.2 Å². The number of anilines is 2. The molecular weight excluding hydrogens is 359 g/mol. The number of carbonyl (C=O) groups is 2. The summed E-state index contributed by atoms with van der Waals surface area (Å²) in [5, 5.41) is 2.91. The Labute approximate surface area is 163 Å². The molecule has 1 N–H and O–H groups in total. The van der Waals surface area contributed by atoms with E-state index < -0.39 is 0 Å². The molecule has 6 heteroatoms. The summed E-state index contributed by atoms with van der Waals surface area (Å²) in [6.45, 7) is 0.643. The van der Waals surface area contributed by atoms with Crippen molar-refractivity contribution in [2.75, 3.05) is 23.9 Å². The van der Waals surface area contributed by atoms with E-state index in [0.717, 1.165) is 12.8 Å². The topological polar surface area (TPSA) is 58.6 Å². The third-order valence-corrected chi connectivity index (χ3v) is 5.49. The second-order valence-corrected chi connectivity index (χ2v) is 7.35. The molecule has 2 fully saturated rings. The average molecular weight is 382 g/mol. The standard InChI is InChI=1S/C22H23FN2O3/c1-28-20-10-9-14(12-19(20)25-11-5-4-8-21(25)26)24-22(27)17-13-16(17)15-6-2-3-7-18(15)23/h2-3,6-7,9-10,12,16-17H,4-5,8,11,13H2,1H3,(H,24,27). The lowest BCUT2D eigenvalue weighted by atomic mass is 10.1. The number of piperidine rings is 1. The van der Waals surface area contributed by atoms with Crippen LogP contribution in [0, 0.1) is 11.7 Å². The van der Waals surface area contributed by atoms with E-state index in [2.05, 4.69) is 5.32 Å². The van der Waals surface area contributed by atoms with Gasteiger partial charge in [-0.25, -0.2) is 4.39 Å². The number of hydrogen-bond acceptors (Lipinski definition) is 3. The van der Waals surface area contributed by atoms with Gasteiger partial charge in [0.05, 0.1) is 12.8 Å². The Morgan fingerprint density at radius 2 is 2.04 bits per heavy atom. The maximum absolute atomic E-state index is 13.9. The minimum absolute atomic E-state index is 0.0647. The Morgan fingerprint density at radius 1 is 1.21 bits per heavy atom. The summed E-state index contributed by atoms with van der Waals surface area (Å²) in [7, 11) is 1.56. The molecule has 1 heterocycles. The monoisotopic (exact) mass is 382 g/mol. The van der Waals surface area contributed by atoms with E-state index in [4.69, 9.17) is 4.74 Å². The molecule has 4 rings (SSSR count). The number of rotatable bonds is 5. The molecule has 2 aliphatic rings. The van der Waals surface area contributed by atoms with Crippen molar-refractivity contribution in [1.29, 1.82) is 0 Å². The van der Waals surface area contributed by atoms with Gasteiger partial charge < -0.3 is 15.0 Å². The fourth-order valence-electron chi connectivity index (χ4n) is 3.88. The molecule has 2 unspecified atom stereocenters. The van der Waals surface area contributed by atoms with Crippen LogP contribution in [0.5, 0.6) is 5.75 Å². The molecule has 146 valence electrons. The molecule has 28 heavy (non-hydrogen) atoms. The third-order valence-electron chi connectivity index (χ3n) is 5.49. The summed E-state index contributed by atoms with van der Waals surface area (Å²) < 4.78 is 19.3. The molecule has 5 nitrogen and oxygen atoms in total. The molecule has 0 radical (unpaired) electrons. The molecule has 2 atom stereocenters. The SMILES string of the molecule is COc1ccc(NC(=O)C2CC2c2ccccc2F)cc1N1CCCCC1=O. The molecule has 2 aromatic rings. The number of halogens is 1. The van der Waals surface area contributed by atoms with Gasteiger partial charge in [-0.2, -0.15) is 0 Å². The van der Waals surface area contributed by atoms with E-state index in [9.17, 15) is 14.0 Å². The van der Waals surface area contributed by atoms with Crippen LogP contribution >= 0.6 is 0 Å². The minimum atomic E-state index is -0.266. The molecule has 0 aromatic heterocycles. The number of nitrogens with zero attached hydrogens (tertiary/aromatic N) is 1. The lowest BCUT2D eigenvalue weighted by Crippen LogP contribution is -2.35. The largest absolute Gasteiger partial charge is 0.495 e. The summed E-state index contributed by atoms with van der Waals surface area (Å²) in [5.41, 5.74) is 1.88. The van der Waals surface area contributed by atoms with Crippen molar-refractivity contribution in [1.82, 2.24) is 0 Å². The van der Waals surface area contributed by atoms with Crippen LogP contribution in [0.15, 0.2) is 42.5 Å². The summed E-state index contributed by atoms with van der Waals surface area (Å²) in [6.07, 6.45) is 3.00. The molecule has 0 spiro atoms. The van der Waals surface area contributed by atoms with Gasteiger partial charge in [0.1, 0.15) is 11.6 Å². The van der Waals surface area contributed by atoms with Crippen molar-refractivity contribution in [3.63, 3.8) is 0 Å². The van der Waals surface area contributed by atoms with E-state index in [1.807, 2.05) is 0 Å². The van der Waals surface area contributed by atoms with Gasteiger partial charge in [-0.15, -0.1) is 0 Å². The maximum atomic E-state index is 13.9. The highest BCUT2D eigenvalue weighted by Crippen LogP contribution is 2.48. The van der Waals surface area contributed by atoms with Gasteiger partial charge in [-0.05, 0) is 55.0 Å². The Bertz CT molecular complexity index is 914. The number of hydrogen-bond donors (Lipinski definition) is 1. The Morgan fingerprint density at radius 3 is 2.79 bits per heavy atom. The van der Waals surface area contributed by atoms with E-state index >= 15 is 0 Å². The first-order valence-electron chi connectivity index (χ1n) is 9.62. The highest BCUT2D eigenvalue weighted by Gasteiger charge is 2.45. The third kappa shape index (κ3) is 3.59. The second-order valence-electron chi connectivity index (χ2n) is 7.35. The van der Waals surface area contributed by atoms with Crippen LogP contribution in [-0.2, 0) is 9.59 Å². The number of carbonyl (C=O) groups excluding carboxylic acids is 2. The van der Waals surface area contributed by atoms with Gasteiger partial charge in [-0.1, -0.05) is 18.2 Å². The fourth-order valence-corrected chi connectivity index (χ4v) is 3.88. The van der Waals surface area contributed by atoms with Gasteiger partial charge in [0.15, 0.2) is 0 Å². The number of benzene rings is 2. The molecule has 2 aromatic carbocycles. The molecule has 1 saturated heterocycles. The zero-order valence-electron chi connectivity index (χ0n) is 15.8. The Balaban J connectivity index is 1.49. The van der Waals surface area contributed by atoms with Crippen LogP contribution in [0.25, 0.3) is 0 Å². The normalized spacial score (nSPS) is 21.4. The fraction of sp³-hybridized carbons (Fsp3) is 0.364. The molecule has 0 bridgehead atoms. The summed E-state index contributed by atoms with van der Waals surface area (Å²) >= 11 is 0. The lowest BCUT2D eigenvalue weighted by Gasteiger charge is -2.28. The number of amides is 2. The Kier molecular flexibility index (Phi) is 5.03. The highest BCUT2D eigenvalue weighted by atomic mass is 19.1. The lowest BCUT2D eigenvalue weighted by molar-refractivity contribution is -0.119. The highest BCUT2D eigenvalue weighted by molar-refractivity contribution is 5.99. The summed E-state index contributed by atoms with van der Waals surface area (Å²) in [6, 6.07) is 11.9. The van der Waals surface area contributed by atoms with E-state index in [0.29, 0.717) is 42.1 Å². The van der Waals surface area contributed by atoms with Gasteiger partial charge in [0.2, 0.25) is 11.8 Å². The van der Waals surface area contributed by atoms with Crippen LogP contribution in [0.3, 0.4) is 0 Å². The molecule has 1 aliphatic carbocycles. The quantitative estimate of drug-likeness (QED) is 0.847. The van der Waals surface area contributed by atoms with Gasteiger partial charge in [-0.3, -0.25) is 9.59 Å². The first-order chi connectivity index (χ1) is 13.6. The molecule has 1 saturated carbocycles. The van der Waals surface area contributed by atoms with Crippen molar-refractivity contribution in [2.45, 2.75) is 31.6 Å². The number of ether oxygens (including phenoxy) is 1. The predicted octanol–water partition coefficient (Wildman–Crippen LogP) is 4.09. The van der Waals surface area contributed by atoms with E-state index in [-0.39, 0.29) is 29.5 Å². The first kappa shape index (κ1) is 18.5. The minimum Gasteiger partial charge on any atom is -0.495 e. The van der Waals surface area contributed by atoms with Gasteiger partial charge >= 0.3 is 0 Å². The van der Waals surface area contributed by atoms with Crippen molar-refractivity contribution in [2.24, 2.45) is 5.92 Å². The molecule has 1 aliphatic heterocycles.